The number of aryl methyl sites for hydroxylation is 1. The first-order chi connectivity index (χ1) is 10.6. The van der Waals surface area contributed by atoms with Gasteiger partial charge in [-0.15, -0.1) is 0 Å². The summed E-state index contributed by atoms with van der Waals surface area (Å²) in [5.74, 6) is 0. The van der Waals surface area contributed by atoms with E-state index in [1.807, 2.05) is 18.2 Å². The largest absolute Gasteiger partial charge is 0.331 e. The van der Waals surface area contributed by atoms with E-state index in [9.17, 15) is 14.9 Å². The lowest BCUT2D eigenvalue weighted by molar-refractivity contribution is -0.384. The topological polar surface area (TPSA) is 84.3 Å². The van der Waals surface area contributed by atoms with E-state index in [2.05, 4.69) is 16.7 Å². The highest BCUT2D eigenvalue weighted by Gasteiger charge is 2.23. The Kier molecular flexibility index (Phi) is 3.74. The Morgan fingerprint density at radius 2 is 1.86 bits per heavy atom. The lowest BCUT2D eigenvalue weighted by atomic mass is 10.1. The summed E-state index contributed by atoms with van der Waals surface area (Å²) in [6.07, 6.45) is 1.84. The molecule has 0 radical (unpaired) electrons. The summed E-state index contributed by atoms with van der Waals surface area (Å²) in [4.78, 5) is 22.2. The molecule has 2 N–H and O–H groups in total. The number of anilines is 1. The van der Waals surface area contributed by atoms with Crippen LogP contribution in [0.1, 0.15) is 23.6 Å². The Balaban J connectivity index is 1.62. The highest BCUT2D eigenvalue weighted by atomic mass is 16.6. The zero-order chi connectivity index (χ0) is 15.5. The van der Waals surface area contributed by atoms with Crippen molar-refractivity contribution in [1.29, 1.82) is 0 Å². The van der Waals surface area contributed by atoms with Crippen LogP contribution in [0, 0.1) is 10.1 Å². The number of nitro benzene ring substituents is 1. The molecule has 0 aromatic heterocycles. The first-order valence-electron chi connectivity index (χ1n) is 7.03. The Morgan fingerprint density at radius 3 is 2.59 bits per heavy atom. The van der Waals surface area contributed by atoms with E-state index >= 15 is 0 Å². The molecule has 6 nitrogen and oxygen atoms in total. The second-order valence-electron chi connectivity index (χ2n) is 5.19. The van der Waals surface area contributed by atoms with Crippen molar-refractivity contribution in [3.63, 3.8) is 0 Å². The number of non-ortho nitro benzene ring substituents is 1. The van der Waals surface area contributed by atoms with Crippen molar-refractivity contribution in [2.45, 2.75) is 18.9 Å². The molecule has 0 fully saturated rings. The minimum absolute atomic E-state index is 0.00400. The number of amides is 2. The first-order valence-corrected chi connectivity index (χ1v) is 7.03. The van der Waals surface area contributed by atoms with Crippen LogP contribution in [0.4, 0.5) is 16.2 Å². The van der Waals surface area contributed by atoms with E-state index in [4.69, 9.17) is 0 Å². The summed E-state index contributed by atoms with van der Waals surface area (Å²) in [5, 5.41) is 16.2. The second kappa shape index (κ2) is 5.85. The summed E-state index contributed by atoms with van der Waals surface area (Å²) in [6, 6.07) is 13.5. The SMILES string of the molecule is O=C(Nc1ccc([N+](=O)[O-])cc1)NC1CCc2ccccc21. The van der Waals surface area contributed by atoms with E-state index in [1.54, 1.807) is 0 Å². The minimum atomic E-state index is -0.473. The van der Waals surface area contributed by atoms with Gasteiger partial charge in [0.15, 0.2) is 0 Å². The number of carbonyl (C=O) groups is 1. The lowest BCUT2D eigenvalue weighted by Gasteiger charge is -2.14. The van der Waals surface area contributed by atoms with E-state index in [1.165, 1.54) is 29.8 Å². The number of hydrogen-bond donors (Lipinski definition) is 2. The van der Waals surface area contributed by atoms with Crippen molar-refractivity contribution in [2.75, 3.05) is 5.32 Å². The third kappa shape index (κ3) is 2.90. The summed E-state index contributed by atoms with van der Waals surface area (Å²) >= 11 is 0. The van der Waals surface area contributed by atoms with Gasteiger partial charge >= 0.3 is 6.03 Å². The van der Waals surface area contributed by atoms with Crippen LogP contribution in [0.5, 0.6) is 0 Å². The molecule has 0 saturated carbocycles. The van der Waals surface area contributed by atoms with Gasteiger partial charge in [-0.2, -0.15) is 0 Å². The molecule has 0 heterocycles. The highest BCUT2D eigenvalue weighted by molar-refractivity contribution is 5.89. The first kappa shape index (κ1) is 14.1. The number of rotatable bonds is 3. The van der Waals surface area contributed by atoms with Crippen molar-refractivity contribution < 1.29 is 9.72 Å². The van der Waals surface area contributed by atoms with Gasteiger partial charge in [0.2, 0.25) is 0 Å². The quantitative estimate of drug-likeness (QED) is 0.672. The van der Waals surface area contributed by atoms with Crippen molar-refractivity contribution >= 4 is 17.4 Å². The number of carbonyl (C=O) groups excluding carboxylic acids is 1. The molecule has 22 heavy (non-hydrogen) atoms. The third-order valence-electron chi connectivity index (χ3n) is 3.77. The molecule has 2 aromatic carbocycles. The zero-order valence-corrected chi connectivity index (χ0v) is 11.8. The van der Waals surface area contributed by atoms with Crippen LogP contribution in [0.3, 0.4) is 0 Å². The molecule has 6 heteroatoms. The van der Waals surface area contributed by atoms with Gasteiger partial charge in [0.05, 0.1) is 11.0 Å². The van der Waals surface area contributed by atoms with Crippen molar-refractivity contribution in [3.05, 3.63) is 69.8 Å². The third-order valence-corrected chi connectivity index (χ3v) is 3.77. The molecular formula is C16H15N3O3. The van der Waals surface area contributed by atoms with Crippen LogP contribution < -0.4 is 10.6 Å². The number of benzene rings is 2. The Morgan fingerprint density at radius 1 is 1.14 bits per heavy atom. The van der Waals surface area contributed by atoms with Gasteiger partial charge in [-0.05, 0) is 36.1 Å². The molecule has 0 bridgehead atoms. The molecule has 2 aromatic rings. The number of nitrogens with one attached hydrogen (secondary N) is 2. The van der Waals surface area contributed by atoms with Crippen LogP contribution in [0.15, 0.2) is 48.5 Å². The summed E-state index contributed by atoms with van der Waals surface area (Å²) < 4.78 is 0. The fourth-order valence-corrected chi connectivity index (χ4v) is 2.70. The Bertz CT molecular complexity index is 713. The predicted molar refractivity (Wildman–Crippen MR) is 82.8 cm³/mol. The zero-order valence-electron chi connectivity index (χ0n) is 11.8. The molecule has 0 aliphatic heterocycles. The molecule has 0 spiro atoms. The lowest BCUT2D eigenvalue weighted by Crippen LogP contribution is -2.31. The maximum absolute atomic E-state index is 12.0. The maximum Gasteiger partial charge on any atom is 0.319 e. The summed E-state index contributed by atoms with van der Waals surface area (Å²) in [7, 11) is 0. The van der Waals surface area contributed by atoms with Gasteiger partial charge in [0.25, 0.3) is 5.69 Å². The van der Waals surface area contributed by atoms with E-state index < -0.39 is 4.92 Å². The standard InChI is InChI=1S/C16H15N3O3/c20-16(17-12-6-8-13(9-7-12)19(21)22)18-15-10-5-11-3-1-2-4-14(11)15/h1-4,6-9,15H,5,10H2,(H2,17,18,20). The monoisotopic (exact) mass is 297 g/mol. The average Bonchev–Trinajstić information content (AvgIpc) is 2.91. The van der Waals surface area contributed by atoms with Gasteiger partial charge < -0.3 is 10.6 Å². The van der Waals surface area contributed by atoms with E-state index in [0.717, 1.165) is 18.4 Å². The van der Waals surface area contributed by atoms with Crippen LogP contribution in [0.25, 0.3) is 0 Å². The van der Waals surface area contributed by atoms with E-state index in [-0.39, 0.29) is 17.8 Å². The summed E-state index contributed by atoms with van der Waals surface area (Å²) in [6.45, 7) is 0. The number of nitrogens with zero attached hydrogens (tertiary/aromatic N) is 1. The Labute approximate surface area is 127 Å². The maximum atomic E-state index is 12.0. The fourth-order valence-electron chi connectivity index (χ4n) is 2.70. The van der Waals surface area contributed by atoms with Crippen LogP contribution in [0.2, 0.25) is 0 Å². The number of fused-ring (bicyclic) bond motifs is 1. The molecule has 1 atom stereocenters. The molecule has 3 rings (SSSR count). The van der Waals surface area contributed by atoms with Gasteiger partial charge in [-0.25, -0.2) is 4.79 Å². The number of nitro groups is 1. The molecule has 1 aliphatic rings. The average molecular weight is 297 g/mol. The van der Waals surface area contributed by atoms with Crippen molar-refractivity contribution in [1.82, 2.24) is 5.32 Å². The molecule has 1 unspecified atom stereocenters. The van der Waals surface area contributed by atoms with Crippen molar-refractivity contribution in [2.24, 2.45) is 0 Å². The van der Waals surface area contributed by atoms with E-state index in [0.29, 0.717) is 5.69 Å². The molecule has 2 amide bonds. The molecule has 0 saturated heterocycles. The van der Waals surface area contributed by atoms with Crippen LogP contribution >= 0.6 is 0 Å². The van der Waals surface area contributed by atoms with Gasteiger partial charge in [-0.3, -0.25) is 10.1 Å². The molecule has 1 aliphatic carbocycles. The number of urea groups is 1. The van der Waals surface area contributed by atoms with Gasteiger partial charge in [-0.1, -0.05) is 24.3 Å². The van der Waals surface area contributed by atoms with Crippen LogP contribution in [-0.4, -0.2) is 11.0 Å². The van der Waals surface area contributed by atoms with Gasteiger partial charge in [0.1, 0.15) is 0 Å². The molecular weight excluding hydrogens is 282 g/mol. The molecule has 112 valence electrons. The predicted octanol–water partition coefficient (Wildman–Crippen LogP) is 3.40. The fraction of sp³-hybridized carbons (Fsp3) is 0.188. The second-order valence-corrected chi connectivity index (χ2v) is 5.19. The normalized spacial score (nSPS) is 15.9. The Hall–Kier alpha value is -2.89. The van der Waals surface area contributed by atoms with Crippen LogP contribution in [-0.2, 0) is 6.42 Å². The smallest absolute Gasteiger partial charge is 0.319 e. The highest BCUT2D eigenvalue weighted by Crippen LogP contribution is 2.30. The summed E-state index contributed by atoms with van der Waals surface area (Å²) in [5.41, 5.74) is 2.94. The van der Waals surface area contributed by atoms with Crippen molar-refractivity contribution in [3.8, 4) is 0 Å². The minimum Gasteiger partial charge on any atom is -0.331 e. The van der Waals surface area contributed by atoms with Gasteiger partial charge in [0, 0.05) is 17.8 Å². The number of hydrogen-bond acceptors (Lipinski definition) is 3.